The monoisotopic (exact) mass is 258 g/mol. The first-order valence-electron chi connectivity index (χ1n) is 3.70. The van der Waals surface area contributed by atoms with E-state index in [1.165, 1.54) is 12.1 Å². The largest absolute Gasteiger partial charge is 0.264 e. The molecular weight excluding hydrogens is 256 g/mol. The third kappa shape index (κ3) is 2.59. The molecule has 0 saturated carbocycles. The standard InChI is InChI=1S/C7H3ClN4O3S/c8-6-3-5(16(14,15)12-11-9)1-2-7(6)10-4-13/h1-3H. The van der Waals surface area contributed by atoms with Crippen molar-refractivity contribution in [3.05, 3.63) is 33.7 Å². The lowest BCUT2D eigenvalue weighted by molar-refractivity contribution is 0.565. The van der Waals surface area contributed by atoms with Gasteiger partial charge in [-0.3, -0.25) is 0 Å². The van der Waals surface area contributed by atoms with E-state index >= 15 is 0 Å². The first kappa shape index (κ1) is 12.2. The lowest BCUT2D eigenvalue weighted by Crippen LogP contribution is -1.94. The molecule has 0 atom stereocenters. The Morgan fingerprint density at radius 3 is 2.62 bits per heavy atom. The second kappa shape index (κ2) is 4.78. The van der Waals surface area contributed by atoms with Crippen LogP contribution in [0.2, 0.25) is 5.02 Å². The number of sulfonamides is 1. The molecule has 0 heterocycles. The Kier molecular flexibility index (Phi) is 3.65. The van der Waals surface area contributed by atoms with Crippen molar-refractivity contribution in [1.29, 1.82) is 0 Å². The fourth-order valence-corrected chi connectivity index (χ4v) is 1.87. The van der Waals surface area contributed by atoms with Crippen LogP contribution < -0.4 is 0 Å². The molecule has 0 unspecified atom stereocenters. The van der Waals surface area contributed by atoms with E-state index < -0.39 is 10.0 Å². The van der Waals surface area contributed by atoms with Crippen molar-refractivity contribution >= 4 is 33.4 Å². The first-order chi connectivity index (χ1) is 7.51. The molecule has 82 valence electrons. The first-order valence-corrected chi connectivity index (χ1v) is 5.52. The number of halogens is 1. The number of benzene rings is 1. The van der Waals surface area contributed by atoms with Crippen LogP contribution in [-0.2, 0) is 14.8 Å². The van der Waals surface area contributed by atoms with Crippen LogP contribution in [0.1, 0.15) is 0 Å². The molecule has 0 aromatic heterocycles. The van der Waals surface area contributed by atoms with Crippen LogP contribution in [0.25, 0.3) is 10.4 Å². The second-order valence-electron chi connectivity index (χ2n) is 2.46. The van der Waals surface area contributed by atoms with Gasteiger partial charge in [0.25, 0.3) is 10.0 Å². The number of azide groups is 1. The molecule has 9 heteroatoms. The van der Waals surface area contributed by atoms with Crippen molar-refractivity contribution < 1.29 is 13.2 Å². The zero-order valence-electron chi connectivity index (χ0n) is 7.53. The minimum Gasteiger partial charge on any atom is -0.216 e. The summed E-state index contributed by atoms with van der Waals surface area (Å²) in [5.74, 6) is 0. The Labute approximate surface area is 95.1 Å². The third-order valence-corrected chi connectivity index (χ3v) is 2.97. The molecule has 0 bridgehead atoms. The van der Waals surface area contributed by atoms with E-state index in [2.05, 4.69) is 14.4 Å². The zero-order valence-corrected chi connectivity index (χ0v) is 9.10. The summed E-state index contributed by atoms with van der Waals surface area (Å²) in [6.45, 7) is 0. The summed E-state index contributed by atoms with van der Waals surface area (Å²) in [7, 11) is -4.08. The molecule has 0 radical (unpaired) electrons. The van der Waals surface area contributed by atoms with Crippen LogP contribution in [0.3, 0.4) is 0 Å². The van der Waals surface area contributed by atoms with Crippen molar-refractivity contribution in [2.75, 3.05) is 0 Å². The Bertz CT molecular complexity index is 615. The Balaban J connectivity index is 3.37. The Hall–Kier alpha value is -1.85. The number of isocyanates is 1. The van der Waals surface area contributed by atoms with Gasteiger partial charge in [0.1, 0.15) is 0 Å². The minimum absolute atomic E-state index is 0.0578. The fourth-order valence-electron chi connectivity index (χ4n) is 0.883. The molecule has 0 saturated heterocycles. The van der Waals surface area contributed by atoms with Gasteiger partial charge in [-0.25, -0.2) is 13.2 Å². The highest BCUT2D eigenvalue weighted by atomic mass is 35.5. The molecule has 16 heavy (non-hydrogen) atoms. The van der Waals surface area contributed by atoms with Gasteiger partial charge in [-0.2, -0.15) is 4.99 Å². The maximum absolute atomic E-state index is 11.3. The number of carbonyl (C=O) groups excluding carboxylic acids is 1. The summed E-state index contributed by atoms with van der Waals surface area (Å²) < 4.78 is 25.2. The summed E-state index contributed by atoms with van der Waals surface area (Å²) in [5.41, 5.74) is 8.13. The van der Waals surface area contributed by atoms with Crippen LogP contribution in [-0.4, -0.2) is 14.5 Å². The maximum atomic E-state index is 11.3. The summed E-state index contributed by atoms with van der Waals surface area (Å²) in [5, 5.41) is -0.0578. The van der Waals surface area contributed by atoms with Gasteiger partial charge in [0.15, 0.2) is 0 Å². The molecule has 7 nitrogen and oxygen atoms in total. The predicted molar refractivity (Wildman–Crippen MR) is 55.6 cm³/mol. The summed E-state index contributed by atoms with van der Waals surface area (Å²) in [4.78, 5) is 15.1. The molecule has 0 N–H and O–H groups in total. The van der Waals surface area contributed by atoms with Crippen molar-refractivity contribution in [3.8, 4) is 0 Å². The molecule has 0 aliphatic rings. The summed E-state index contributed by atoms with van der Waals surface area (Å²) >= 11 is 5.64. The maximum Gasteiger partial charge on any atom is 0.264 e. The number of aliphatic imine (C=N–C) groups is 1. The van der Waals surface area contributed by atoms with Crippen LogP contribution in [0.5, 0.6) is 0 Å². The summed E-state index contributed by atoms with van der Waals surface area (Å²) in [6.07, 6.45) is 1.27. The van der Waals surface area contributed by atoms with E-state index in [9.17, 15) is 13.2 Å². The molecule has 0 fully saturated rings. The Morgan fingerprint density at radius 1 is 1.44 bits per heavy atom. The van der Waals surface area contributed by atoms with Crippen molar-refractivity contribution in [2.45, 2.75) is 4.90 Å². The Morgan fingerprint density at radius 2 is 2.12 bits per heavy atom. The third-order valence-electron chi connectivity index (χ3n) is 1.53. The quantitative estimate of drug-likeness (QED) is 0.272. The van der Waals surface area contributed by atoms with Gasteiger partial charge in [-0.05, 0) is 23.7 Å². The van der Waals surface area contributed by atoms with Gasteiger partial charge in [0.2, 0.25) is 6.08 Å². The highest BCUT2D eigenvalue weighted by molar-refractivity contribution is 7.90. The van der Waals surface area contributed by atoms with E-state index in [4.69, 9.17) is 17.1 Å². The topological polar surface area (TPSA) is 112 Å². The van der Waals surface area contributed by atoms with E-state index in [-0.39, 0.29) is 15.6 Å². The molecule has 0 spiro atoms. The van der Waals surface area contributed by atoms with Crippen LogP contribution in [0, 0.1) is 0 Å². The highest BCUT2D eigenvalue weighted by Crippen LogP contribution is 2.27. The molecule has 0 aliphatic heterocycles. The number of nitrogens with zero attached hydrogens (tertiary/aromatic N) is 4. The lowest BCUT2D eigenvalue weighted by Gasteiger charge is -1.99. The molecule has 1 rings (SSSR count). The van der Waals surface area contributed by atoms with E-state index in [0.717, 1.165) is 12.1 Å². The van der Waals surface area contributed by atoms with Crippen LogP contribution in [0.15, 0.2) is 32.6 Å². The van der Waals surface area contributed by atoms with E-state index in [1.54, 1.807) is 0 Å². The second-order valence-corrected chi connectivity index (χ2v) is 4.45. The smallest absolute Gasteiger partial charge is 0.216 e. The van der Waals surface area contributed by atoms with Gasteiger partial charge in [0.05, 0.1) is 15.6 Å². The van der Waals surface area contributed by atoms with Crippen LogP contribution in [0.4, 0.5) is 5.69 Å². The predicted octanol–water partition coefficient (Wildman–Crippen LogP) is 2.31. The van der Waals surface area contributed by atoms with Gasteiger partial charge >= 0.3 is 0 Å². The number of hydrogen-bond donors (Lipinski definition) is 0. The molecule has 1 aromatic carbocycles. The fraction of sp³-hybridized carbons (Fsp3) is 0. The molecular formula is C7H3ClN4O3S. The molecule has 1 aromatic rings. The van der Waals surface area contributed by atoms with Gasteiger partial charge < -0.3 is 0 Å². The summed E-state index contributed by atoms with van der Waals surface area (Å²) in [6, 6.07) is 3.35. The van der Waals surface area contributed by atoms with Crippen molar-refractivity contribution in [1.82, 2.24) is 0 Å². The average molecular weight is 259 g/mol. The number of hydrogen-bond acceptors (Lipinski definition) is 4. The average Bonchev–Trinajstić information content (AvgIpc) is 2.21. The van der Waals surface area contributed by atoms with Crippen LogP contribution >= 0.6 is 11.6 Å². The zero-order chi connectivity index (χ0) is 12.2. The van der Waals surface area contributed by atoms with Crippen molar-refractivity contribution in [3.63, 3.8) is 0 Å². The highest BCUT2D eigenvalue weighted by Gasteiger charge is 2.13. The van der Waals surface area contributed by atoms with Crippen molar-refractivity contribution in [2.24, 2.45) is 9.51 Å². The lowest BCUT2D eigenvalue weighted by atomic mass is 10.3. The van der Waals surface area contributed by atoms with Gasteiger partial charge in [0, 0.05) is 9.43 Å². The van der Waals surface area contributed by atoms with Gasteiger partial charge in [-0.1, -0.05) is 11.6 Å². The molecule has 0 amide bonds. The number of rotatable bonds is 3. The minimum atomic E-state index is -4.08. The van der Waals surface area contributed by atoms with Gasteiger partial charge in [-0.15, -0.1) is 0 Å². The van der Waals surface area contributed by atoms with E-state index in [1.807, 2.05) is 0 Å². The molecule has 0 aliphatic carbocycles. The van der Waals surface area contributed by atoms with E-state index in [0.29, 0.717) is 0 Å². The normalized spacial score (nSPS) is 10.1. The SMILES string of the molecule is [N-]=[N+]=NS(=O)(=O)c1ccc(N=C=O)c(Cl)c1.